The zero-order valence-corrected chi connectivity index (χ0v) is 15.3. The highest BCUT2D eigenvalue weighted by molar-refractivity contribution is 5.78. The smallest absolute Gasteiger partial charge is 0.144 e. The highest BCUT2D eigenvalue weighted by Gasteiger charge is 2.16. The van der Waals surface area contributed by atoms with Crippen LogP contribution in [-0.2, 0) is 0 Å². The Morgan fingerprint density at radius 3 is 2.46 bits per heavy atom. The Morgan fingerprint density at radius 2 is 1.77 bits per heavy atom. The highest BCUT2D eigenvalue weighted by atomic mass is 15.1. The van der Waals surface area contributed by atoms with E-state index in [9.17, 15) is 0 Å². The number of nitrogens with one attached hydrogen (secondary N) is 1. The third-order valence-corrected chi connectivity index (χ3v) is 4.59. The number of pyridine rings is 2. The van der Waals surface area contributed by atoms with Crippen LogP contribution in [0, 0.1) is 6.92 Å². The summed E-state index contributed by atoms with van der Waals surface area (Å²) in [6.07, 6.45) is 3.83. The monoisotopic (exact) mass is 342 g/mol. The first-order valence-electron chi connectivity index (χ1n) is 8.89. The summed E-state index contributed by atoms with van der Waals surface area (Å²) in [5.74, 6) is 1.45. The predicted molar refractivity (Wildman–Crippen MR) is 107 cm³/mol. The molecule has 1 N–H and O–H groups in total. The number of imidazole rings is 1. The number of hydrogen-bond donors (Lipinski definition) is 1. The van der Waals surface area contributed by atoms with E-state index in [0.29, 0.717) is 5.92 Å². The van der Waals surface area contributed by atoms with Gasteiger partial charge in [0.2, 0.25) is 0 Å². The number of rotatable bonds is 4. The minimum absolute atomic E-state index is 0.520. The summed E-state index contributed by atoms with van der Waals surface area (Å²) in [6.45, 7) is 6.48. The van der Waals surface area contributed by atoms with E-state index in [-0.39, 0.29) is 0 Å². The maximum atomic E-state index is 4.86. The second-order valence-corrected chi connectivity index (χ2v) is 6.81. The Balaban J connectivity index is 1.83. The van der Waals surface area contributed by atoms with Crippen LogP contribution < -0.4 is 5.32 Å². The van der Waals surface area contributed by atoms with Crippen LogP contribution in [0.5, 0.6) is 0 Å². The molecule has 26 heavy (non-hydrogen) atoms. The summed E-state index contributed by atoms with van der Waals surface area (Å²) in [5, 5.41) is 3.55. The van der Waals surface area contributed by atoms with Gasteiger partial charge in [-0.05, 0) is 54.3 Å². The first-order chi connectivity index (χ1) is 12.6. The van der Waals surface area contributed by atoms with E-state index < -0.39 is 0 Å². The van der Waals surface area contributed by atoms with Crippen molar-refractivity contribution < 1.29 is 0 Å². The highest BCUT2D eigenvalue weighted by Crippen LogP contribution is 2.31. The van der Waals surface area contributed by atoms with Crippen LogP contribution in [-0.4, -0.2) is 14.4 Å². The van der Waals surface area contributed by atoms with Gasteiger partial charge in [-0.2, -0.15) is 0 Å². The van der Waals surface area contributed by atoms with Crippen molar-refractivity contribution in [3.8, 4) is 11.4 Å². The summed E-state index contributed by atoms with van der Waals surface area (Å²) in [6, 6.07) is 18.6. The second-order valence-electron chi connectivity index (χ2n) is 6.81. The van der Waals surface area contributed by atoms with Crippen molar-refractivity contribution in [3.63, 3.8) is 0 Å². The number of benzene rings is 1. The van der Waals surface area contributed by atoms with Crippen molar-refractivity contribution >= 4 is 17.2 Å². The quantitative estimate of drug-likeness (QED) is 0.527. The molecular weight excluding hydrogens is 320 g/mol. The van der Waals surface area contributed by atoms with Gasteiger partial charge in [0.1, 0.15) is 17.2 Å². The minimum Gasteiger partial charge on any atom is -0.339 e. The lowest BCUT2D eigenvalue weighted by atomic mass is 10.0. The van der Waals surface area contributed by atoms with Gasteiger partial charge in [-0.1, -0.05) is 38.1 Å². The standard InChI is InChI=1S/C22H22N4/c1-15(2)17-9-11-18(12-10-17)24-22-20(19-8-4-5-13-23-19)25-21-16(3)7-6-14-26(21)22/h4-15,24H,1-3H3. The van der Waals surface area contributed by atoms with Gasteiger partial charge in [-0.25, -0.2) is 4.98 Å². The molecule has 0 aliphatic rings. The van der Waals surface area contributed by atoms with Gasteiger partial charge < -0.3 is 5.32 Å². The van der Waals surface area contributed by atoms with Crippen LogP contribution in [0.4, 0.5) is 11.5 Å². The maximum Gasteiger partial charge on any atom is 0.144 e. The van der Waals surface area contributed by atoms with Crippen LogP contribution in [0.3, 0.4) is 0 Å². The van der Waals surface area contributed by atoms with Crippen molar-refractivity contribution in [3.05, 3.63) is 78.1 Å². The minimum atomic E-state index is 0.520. The average Bonchev–Trinajstić information content (AvgIpc) is 3.03. The van der Waals surface area contributed by atoms with E-state index in [1.54, 1.807) is 6.20 Å². The van der Waals surface area contributed by atoms with E-state index >= 15 is 0 Å². The van der Waals surface area contributed by atoms with Crippen molar-refractivity contribution in [1.29, 1.82) is 0 Å². The molecular formula is C22H22N4. The normalized spacial score (nSPS) is 11.2. The van der Waals surface area contributed by atoms with Crippen molar-refractivity contribution in [2.24, 2.45) is 0 Å². The van der Waals surface area contributed by atoms with Crippen molar-refractivity contribution in [2.75, 3.05) is 5.32 Å². The van der Waals surface area contributed by atoms with Crippen molar-refractivity contribution in [1.82, 2.24) is 14.4 Å². The SMILES string of the molecule is Cc1cccn2c(Nc3ccc(C(C)C)cc3)c(-c3ccccn3)nc12. The molecule has 0 amide bonds. The number of anilines is 2. The van der Waals surface area contributed by atoms with Crippen molar-refractivity contribution in [2.45, 2.75) is 26.7 Å². The number of nitrogens with zero attached hydrogens (tertiary/aromatic N) is 3. The molecule has 1 aromatic carbocycles. The van der Waals surface area contributed by atoms with Gasteiger partial charge in [0.05, 0.1) is 5.69 Å². The molecule has 4 heteroatoms. The zero-order chi connectivity index (χ0) is 18.1. The first kappa shape index (κ1) is 16.3. The van der Waals surface area contributed by atoms with Gasteiger partial charge in [0.15, 0.2) is 0 Å². The molecule has 3 aromatic heterocycles. The molecule has 0 unspecified atom stereocenters. The third kappa shape index (κ3) is 2.94. The molecule has 130 valence electrons. The van der Waals surface area contributed by atoms with E-state index in [4.69, 9.17) is 4.98 Å². The molecule has 0 bridgehead atoms. The van der Waals surface area contributed by atoms with E-state index in [2.05, 4.69) is 65.8 Å². The van der Waals surface area contributed by atoms with Gasteiger partial charge in [0.25, 0.3) is 0 Å². The lowest BCUT2D eigenvalue weighted by Gasteiger charge is -2.11. The van der Waals surface area contributed by atoms with E-state index in [1.807, 2.05) is 30.5 Å². The maximum absolute atomic E-state index is 4.86. The zero-order valence-electron chi connectivity index (χ0n) is 15.3. The first-order valence-corrected chi connectivity index (χ1v) is 8.89. The Bertz CT molecular complexity index is 1030. The third-order valence-electron chi connectivity index (χ3n) is 4.59. The number of hydrogen-bond acceptors (Lipinski definition) is 3. The number of aromatic nitrogens is 3. The summed E-state index contributed by atoms with van der Waals surface area (Å²) >= 11 is 0. The van der Waals surface area contributed by atoms with Crippen LogP contribution >= 0.6 is 0 Å². The molecule has 4 nitrogen and oxygen atoms in total. The predicted octanol–water partition coefficient (Wildman–Crippen LogP) is 5.57. The molecule has 0 atom stereocenters. The van der Waals surface area contributed by atoms with Gasteiger partial charge in [0, 0.05) is 18.1 Å². The fourth-order valence-corrected chi connectivity index (χ4v) is 3.09. The Hall–Kier alpha value is -3.14. The lowest BCUT2D eigenvalue weighted by molar-refractivity contribution is 0.867. The fraction of sp³-hybridized carbons (Fsp3) is 0.182. The molecule has 0 aliphatic carbocycles. The van der Waals surface area contributed by atoms with Gasteiger partial charge in [-0.3, -0.25) is 9.38 Å². The van der Waals surface area contributed by atoms with Gasteiger partial charge in [-0.15, -0.1) is 0 Å². The summed E-state index contributed by atoms with van der Waals surface area (Å²) < 4.78 is 2.09. The summed E-state index contributed by atoms with van der Waals surface area (Å²) in [4.78, 5) is 9.36. The summed E-state index contributed by atoms with van der Waals surface area (Å²) in [5.41, 5.74) is 6.15. The second kappa shape index (κ2) is 6.64. The average molecular weight is 342 g/mol. The van der Waals surface area contributed by atoms with E-state index in [1.165, 1.54) is 5.56 Å². The molecule has 0 saturated heterocycles. The lowest BCUT2D eigenvalue weighted by Crippen LogP contribution is -1.98. The molecule has 0 radical (unpaired) electrons. The van der Waals surface area contributed by atoms with Gasteiger partial charge >= 0.3 is 0 Å². The molecule has 0 aliphatic heterocycles. The topological polar surface area (TPSA) is 42.2 Å². The van der Waals surface area contributed by atoms with Crippen LogP contribution in [0.25, 0.3) is 17.0 Å². The van der Waals surface area contributed by atoms with Crippen LogP contribution in [0.15, 0.2) is 67.0 Å². The largest absolute Gasteiger partial charge is 0.339 e. The summed E-state index contributed by atoms with van der Waals surface area (Å²) in [7, 11) is 0. The molecule has 3 heterocycles. The molecule has 4 aromatic rings. The Kier molecular flexibility index (Phi) is 4.17. The number of aryl methyl sites for hydroxylation is 1. The molecule has 0 spiro atoms. The van der Waals surface area contributed by atoms with Crippen LogP contribution in [0.1, 0.15) is 30.9 Å². The molecule has 4 rings (SSSR count). The van der Waals surface area contributed by atoms with E-state index in [0.717, 1.165) is 34.1 Å². The fourth-order valence-electron chi connectivity index (χ4n) is 3.09. The van der Waals surface area contributed by atoms with Crippen LogP contribution in [0.2, 0.25) is 0 Å². The Labute approximate surface area is 153 Å². The number of fused-ring (bicyclic) bond motifs is 1. The Morgan fingerprint density at radius 1 is 0.962 bits per heavy atom. The molecule has 0 fully saturated rings. The molecule has 0 saturated carbocycles.